The third-order valence-corrected chi connectivity index (χ3v) is 3.04. The van der Waals surface area contributed by atoms with Crippen LogP contribution in [0.15, 0.2) is 6.20 Å². The molecule has 1 aromatic rings. The lowest BCUT2D eigenvalue weighted by atomic mass is 10.1. The Labute approximate surface area is 118 Å². The predicted octanol–water partition coefficient (Wildman–Crippen LogP) is 0.858. The minimum absolute atomic E-state index is 0.171. The Bertz CT molecular complexity index is 441. The van der Waals surface area contributed by atoms with Crippen LogP contribution < -0.4 is 16.0 Å². The van der Waals surface area contributed by atoms with Gasteiger partial charge in [0.1, 0.15) is 5.69 Å². The van der Waals surface area contributed by atoms with Crippen LogP contribution in [0.2, 0.25) is 0 Å². The SMILES string of the molecule is O=C(I)Nc1cn[nH]c1C(=O)NC1CCNCC1. The highest BCUT2D eigenvalue weighted by Crippen LogP contribution is 2.13. The van der Waals surface area contributed by atoms with Gasteiger partial charge in [0.2, 0.25) is 0 Å². The number of nitrogens with one attached hydrogen (secondary N) is 4. The van der Waals surface area contributed by atoms with Gasteiger partial charge in [-0.2, -0.15) is 5.10 Å². The molecule has 18 heavy (non-hydrogen) atoms. The Kier molecular flexibility index (Phi) is 4.53. The second-order valence-corrected chi connectivity index (χ2v) is 5.03. The fraction of sp³-hybridized carbons (Fsp3) is 0.500. The fourth-order valence-corrected chi connectivity index (χ4v) is 2.17. The summed E-state index contributed by atoms with van der Waals surface area (Å²) in [5, 5.41) is 15.1. The zero-order valence-electron chi connectivity index (χ0n) is 9.62. The van der Waals surface area contributed by atoms with E-state index in [4.69, 9.17) is 0 Å². The summed E-state index contributed by atoms with van der Waals surface area (Å²) in [6, 6.07) is 0.171. The largest absolute Gasteiger partial charge is 0.348 e. The molecule has 2 amide bonds. The lowest BCUT2D eigenvalue weighted by Gasteiger charge is -2.23. The highest BCUT2D eigenvalue weighted by atomic mass is 127. The maximum absolute atomic E-state index is 12.0. The molecule has 0 bridgehead atoms. The van der Waals surface area contributed by atoms with Crippen molar-refractivity contribution in [2.75, 3.05) is 18.4 Å². The summed E-state index contributed by atoms with van der Waals surface area (Å²) in [4.78, 5) is 23.0. The summed E-state index contributed by atoms with van der Waals surface area (Å²) < 4.78 is -0.259. The topological polar surface area (TPSA) is 98.9 Å². The van der Waals surface area contributed by atoms with Crippen LogP contribution in [-0.4, -0.2) is 39.1 Å². The lowest BCUT2D eigenvalue weighted by Crippen LogP contribution is -2.43. The molecular weight excluding hydrogens is 349 g/mol. The van der Waals surface area contributed by atoms with E-state index in [2.05, 4.69) is 26.1 Å². The van der Waals surface area contributed by atoms with Crippen LogP contribution in [0.1, 0.15) is 23.3 Å². The molecule has 1 fully saturated rings. The van der Waals surface area contributed by atoms with Gasteiger partial charge in [-0.3, -0.25) is 14.7 Å². The number of carbonyl (C=O) groups excluding carboxylic acids is 2. The van der Waals surface area contributed by atoms with Gasteiger partial charge in [-0.05, 0) is 25.9 Å². The molecule has 1 aromatic heterocycles. The Morgan fingerprint density at radius 3 is 2.78 bits per heavy atom. The molecule has 4 N–H and O–H groups in total. The van der Waals surface area contributed by atoms with Crippen molar-refractivity contribution in [2.24, 2.45) is 0 Å². The first-order valence-corrected chi connectivity index (χ1v) is 6.76. The van der Waals surface area contributed by atoms with Gasteiger partial charge in [-0.15, -0.1) is 0 Å². The fourth-order valence-electron chi connectivity index (χ4n) is 1.88. The van der Waals surface area contributed by atoms with Crippen molar-refractivity contribution in [1.29, 1.82) is 0 Å². The minimum Gasteiger partial charge on any atom is -0.348 e. The van der Waals surface area contributed by atoms with Crippen LogP contribution in [0.3, 0.4) is 0 Å². The van der Waals surface area contributed by atoms with E-state index in [0.29, 0.717) is 11.4 Å². The van der Waals surface area contributed by atoms with Gasteiger partial charge in [0.25, 0.3) is 9.82 Å². The van der Waals surface area contributed by atoms with Gasteiger partial charge >= 0.3 is 0 Å². The van der Waals surface area contributed by atoms with Crippen molar-refractivity contribution in [2.45, 2.75) is 18.9 Å². The molecule has 0 spiro atoms. The molecule has 7 nitrogen and oxygen atoms in total. The van der Waals surface area contributed by atoms with Crippen LogP contribution in [0, 0.1) is 0 Å². The smallest absolute Gasteiger partial charge is 0.285 e. The van der Waals surface area contributed by atoms with E-state index < -0.39 is 0 Å². The molecule has 8 heteroatoms. The number of carbonyl (C=O) groups is 2. The number of anilines is 1. The van der Waals surface area contributed by atoms with Crippen molar-refractivity contribution in [3.05, 3.63) is 11.9 Å². The number of amides is 2. The Hall–Kier alpha value is -1.16. The van der Waals surface area contributed by atoms with Gasteiger partial charge in [0.15, 0.2) is 0 Å². The van der Waals surface area contributed by atoms with E-state index in [0.717, 1.165) is 25.9 Å². The maximum Gasteiger partial charge on any atom is 0.285 e. The van der Waals surface area contributed by atoms with E-state index in [1.165, 1.54) is 6.20 Å². The zero-order chi connectivity index (χ0) is 13.0. The molecule has 1 aliphatic heterocycles. The van der Waals surface area contributed by atoms with E-state index in [9.17, 15) is 9.59 Å². The zero-order valence-corrected chi connectivity index (χ0v) is 11.8. The van der Waals surface area contributed by atoms with Crippen LogP contribution in [-0.2, 0) is 0 Å². The van der Waals surface area contributed by atoms with Crippen molar-refractivity contribution in [3.63, 3.8) is 0 Å². The second-order valence-electron chi connectivity index (χ2n) is 4.06. The molecule has 2 heterocycles. The number of hydrogen-bond acceptors (Lipinski definition) is 4. The summed E-state index contributed by atoms with van der Waals surface area (Å²) >= 11 is 1.61. The highest BCUT2D eigenvalue weighted by molar-refractivity contribution is 14.1. The average Bonchev–Trinajstić information content (AvgIpc) is 2.77. The Morgan fingerprint density at radius 2 is 2.11 bits per heavy atom. The first-order valence-electron chi connectivity index (χ1n) is 5.68. The number of rotatable bonds is 3. The molecule has 0 atom stereocenters. The summed E-state index contributed by atoms with van der Waals surface area (Å²) in [7, 11) is 0. The molecule has 0 aromatic carbocycles. The summed E-state index contributed by atoms with van der Waals surface area (Å²) in [6.07, 6.45) is 3.25. The van der Waals surface area contributed by atoms with E-state index in [1.54, 1.807) is 22.6 Å². The van der Waals surface area contributed by atoms with E-state index >= 15 is 0 Å². The third-order valence-electron chi connectivity index (χ3n) is 2.77. The molecule has 0 unspecified atom stereocenters. The minimum atomic E-state index is -0.259. The Morgan fingerprint density at radius 1 is 1.39 bits per heavy atom. The van der Waals surface area contributed by atoms with Gasteiger partial charge < -0.3 is 16.0 Å². The number of hydrogen-bond donors (Lipinski definition) is 4. The van der Waals surface area contributed by atoms with E-state index in [1.807, 2.05) is 0 Å². The van der Waals surface area contributed by atoms with Crippen LogP contribution in [0.5, 0.6) is 0 Å². The van der Waals surface area contributed by atoms with Gasteiger partial charge in [0.05, 0.1) is 11.9 Å². The third kappa shape index (κ3) is 3.42. The molecule has 0 radical (unpaired) electrons. The summed E-state index contributed by atoms with van der Waals surface area (Å²) in [5.74, 6) is -0.237. The molecule has 2 rings (SSSR count). The Balaban J connectivity index is 1.99. The number of nitrogens with zero attached hydrogens (tertiary/aromatic N) is 1. The molecule has 1 saturated heterocycles. The van der Waals surface area contributed by atoms with Crippen molar-refractivity contribution >= 4 is 38.1 Å². The second kappa shape index (κ2) is 6.14. The van der Waals surface area contributed by atoms with E-state index in [-0.39, 0.29) is 15.9 Å². The van der Waals surface area contributed by atoms with Crippen molar-refractivity contribution < 1.29 is 9.59 Å². The number of piperidine rings is 1. The van der Waals surface area contributed by atoms with Crippen molar-refractivity contribution in [1.82, 2.24) is 20.8 Å². The van der Waals surface area contributed by atoms with Gasteiger partial charge in [-0.1, -0.05) is 0 Å². The number of aromatic amines is 1. The normalized spacial score (nSPS) is 16.3. The molecule has 1 aliphatic rings. The summed E-state index contributed by atoms with van der Waals surface area (Å²) in [5.41, 5.74) is 0.694. The number of aromatic nitrogens is 2. The van der Waals surface area contributed by atoms with Gasteiger partial charge in [0, 0.05) is 28.6 Å². The highest BCUT2D eigenvalue weighted by Gasteiger charge is 2.20. The van der Waals surface area contributed by atoms with Gasteiger partial charge in [-0.25, -0.2) is 0 Å². The molecule has 0 aliphatic carbocycles. The van der Waals surface area contributed by atoms with Crippen molar-refractivity contribution in [3.8, 4) is 0 Å². The molecular formula is C10H14IN5O2. The number of H-pyrrole nitrogens is 1. The summed E-state index contributed by atoms with van der Waals surface area (Å²) in [6.45, 7) is 1.82. The average molecular weight is 363 g/mol. The number of halogens is 1. The first-order chi connectivity index (χ1) is 8.66. The monoisotopic (exact) mass is 363 g/mol. The van der Waals surface area contributed by atoms with Crippen LogP contribution in [0.4, 0.5) is 10.5 Å². The quantitative estimate of drug-likeness (QED) is 0.364. The first kappa shape index (κ1) is 13.3. The van der Waals surface area contributed by atoms with Crippen LogP contribution in [0.25, 0.3) is 0 Å². The van der Waals surface area contributed by atoms with Crippen LogP contribution >= 0.6 is 22.6 Å². The predicted molar refractivity (Wildman–Crippen MR) is 75.0 cm³/mol. The molecule has 0 saturated carbocycles. The molecule has 98 valence electrons. The lowest BCUT2D eigenvalue weighted by molar-refractivity contribution is 0.0925. The maximum atomic E-state index is 12.0. The standard InChI is InChI=1S/C10H14IN5O2/c11-10(18)15-7-5-13-16-8(7)9(17)14-6-1-3-12-4-2-6/h5-6,12H,1-4H2,(H,13,16)(H,14,17)(H,15,18).